The van der Waals surface area contributed by atoms with Crippen molar-refractivity contribution in [3.05, 3.63) is 48.6 Å². The molecule has 0 heterocycles. The summed E-state index contributed by atoms with van der Waals surface area (Å²) < 4.78 is 5.85. The van der Waals surface area contributed by atoms with Gasteiger partial charge in [-0.25, -0.2) is 0 Å². The van der Waals surface area contributed by atoms with Crippen LogP contribution in [0.5, 0.6) is 0 Å². The fourth-order valence-electron chi connectivity index (χ4n) is 4.93. The van der Waals surface area contributed by atoms with Gasteiger partial charge in [0, 0.05) is 12.8 Å². The number of rotatable bonds is 31. The van der Waals surface area contributed by atoms with Crippen LogP contribution in [0.2, 0.25) is 0 Å². The molecule has 1 atom stereocenters. The third kappa shape index (κ3) is 32.4. The molecule has 1 N–H and O–H groups in total. The molecule has 0 spiro atoms. The van der Waals surface area contributed by atoms with E-state index in [0.29, 0.717) is 12.8 Å². The molecule has 0 aliphatic heterocycles. The zero-order valence-corrected chi connectivity index (χ0v) is 27.5. The van der Waals surface area contributed by atoms with E-state index in [1.165, 1.54) is 70.6 Å². The highest BCUT2D eigenvalue weighted by atomic mass is 16.5. The van der Waals surface area contributed by atoms with Crippen molar-refractivity contribution in [2.45, 2.75) is 180 Å². The van der Waals surface area contributed by atoms with Gasteiger partial charge in [0.15, 0.2) is 0 Å². The number of hydrogen-bond acceptors (Lipinski definition) is 3. The topological polar surface area (TPSA) is 63.6 Å². The lowest BCUT2D eigenvalue weighted by molar-refractivity contribution is -0.150. The third-order valence-electron chi connectivity index (χ3n) is 7.55. The lowest BCUT2D eigenvalue weighted by atomic mass is 10.0. The first kappa shape index (κ1) is 39.9. The van der Waals surface area contributed by atoms with Gasteiger partial charge in [0.2, 0.25) is 0 Å². The van der Waals surface area contributed by atoms with Crippen LogP contribution in [0, 0.1) is 0 Å². The van der Waals surface area contributed by atoms with E-state index in [1.807, 2.05) is 0 Å². The molecule has 0 amide bonds. The molecule has 0 rings (SSSR count). The van der Waals surface area contributed by atoms with Crippen LogP contribution in [0.4, 0.5) is 0 Å². The van der Waals surface area contributed by atoms with Crippen molar-refractivity contribution in [2.24, 2.45) is 0 Å². The molecule has 0 bridgehead atoms. The minimum absolute atomic E-state index is 0.00520. The second-order valence-corrected chi connectivity index (χ2v) is 11.7. The summed E-state index contributed by atoms with van der Waals surface area (Å²) in [7, 11) is 0. The van der Waals surface area contributed by atoms with E-state index in [0.717, 1.165) is 70.6 Å². The molecule has 42 heavy (non-hydrogen) atoms. The standard InChI is InChI=1S/C38H66O4/c1-3-5-7-9-10-11-12-13-14-15-16-17-18-19-20-21-22-23-24-26-31-35-38(41)42-36(32-28-25-8-6-4-2)33-29-27-30-34-37(39)40/h10-11,13-14,16-17,19-20,36H,3-9,12,15,18,21-35H2,1-2H3,(H,39,40)/b11-10-,14-13-,17-16-,20-19-. The Morgan fingerprint density at radius 2 is 0.929 bits per heavy atom. The molecule has 0 saturated carbocycles. The molecule has 0 aliphatic carbocycles. The summed E-state index contributed by atoms with van der Waals surface area (Å²) in [5.74, 6) is -0.787. The van der Waals surface area contributed by atoms with E-state index in [9.17, 15) is 9.59 Å². The van der Waals surface area contributed by atoms with Crippen molar-refractivity contribution in [1.29, 1.82) is 0 Å². The van der Waals surface area contributed by atoms with Gasteiger partial charge < -0.3 is 9.84 Å². The maximum absolute atomic E-state index is 12.4. The maximum Gasteiger partial charge on any atom is 0.306 e. The number of unbranched alkanes of at least 4 members (excludes halogenated alkanes) is 14. The third-order valence-corrected chi connectivity index (χ3v) is 7.55. The first-order valence-corrected chi connectivity index (χ1v) is 17.6. The lowest BCUT2D eigenvalue weighted by Gasteiger charge is -2.18. The number of carbonyl (C=O) groups excluding carboxylic acids is 1. The van der Waals surface area contributed by atoms with Crippen LogP contribution in [0.3, 0.4) is 0 Å². The largest absolute Gasteiger partial charge is 0.481 e. The van der Waals surface area contributed by atoms with Crippen LogP contribution in [0.25, 0.3) is 0 Å². The monoisotopic (exact) mass is 586 g/mol. The van der Waals surface area contributed by atoms with E-state index >= 15 is 0 Å². The fourth-order valence-corrected chi connectivity index (χ4v) is 4.93. The van der Waals surface area contributed by atoms with E-state index < -0.39 is 5.97 Å². The van der Waals surface area contributed by atoms with Gasteiger partial charge >= 0.3 is 11.9 Å². The molecule has 0 aliphatic rings. The zero-order valence-electron chi connectivity index (χ0n) is 27.5. The summed E-state index contributed by atoms with van der Waals surface area (Å²) in [6.07, 6.45) is 44.2. The molecule has 0 aromatic carbocycles. The van der Waals surface area contributed by atoms with Gasteiger partial charge in [-0.1, -0.05) is 127 Å². The predicted octanol–water partition coefficient (Wildman–Crippen LogP) is 12.0. The minimum atomic E-state index is -0.732. The average Bonchev–Trinajstić information content (AvgIpc) is 2.97. The Kier molecular flexibility index (Phi) is 31.7. The molecule has 4 nitrogen and oxygen atoms in total. The molecule has 4 heteroatoms. The van der Waals surface area contributed by atoms with E-state index in [2.05, 4.69) is 62.5 Å². The quantitative estimate of drug-likeness (QED) is 0.0498. The smallest absolute Gasteiger partial charge is 0.306 e. The van der Waals surface area contributed by atoms with Crippen molar-refractivity contribution in [3.63, 3.8) is 0 Å². The maximum atomic E-state index is 12.4. The highest BCUT2D eigenvalue weighted by molar-refractivity contribution is 5.69. The molecule has 0 saturated heterocycles. The number of aliphatic carboxylic acids is 1. The second kappa shape index (κ2) is 33.4. The van der Waals surface area contributed by atoms with E-state index in [1.54, 1.807) is 0 Å². The van der Waals surface area contributed by atoms with Crippen molar-refractivity contribution in [1.82, 2.24) is 0 Å². The SMILES string of the molecule is CCCCC/C=C\C/C=C\C/C=C\C/C=C\CCCCCCCC(=O)OC(CCCCCCC)CCCCCC(=O)O. The van der Waals surface area contributed by atoms with Gasteiger partial charge in [-0.15, -0.1) is 0 Å². The Bertz CT molecular complexity index is 719. The number of carbonyl (C=O) groups is 2. The Morgan fingerprint density at radius 3 is 1.50 bits per heavy atom. The number of hydrogen-bond donors (Lipinski definition) is 1. The molecule has 0 aromatic rings. The summed E-state index contributed by atoms with van der Waals surface area (Å²) in [6.45, 7) is 4.46. The minimum Gasteiger partial charge on any atom is -0.481 e. The Morgan fingerprint density at radius 1 is 0.524 bits per heavy atom. The Balaban J connectivity index is 3.83. The average molecular weight is 587 g/mol. The van der Waals surface area contributed by atoms with Crippen molar-refractivity contribution in [3.8, 4) is 0 Å². The number of allylic oxidation sites excluding steroid dienone is 8. The van der Waals surface area contributed by atoms with Gasteiger partial charge in [-0.05, 0) is 83.5 Å². The van der Waals surface area contributed by atoms with E-state index in [4.69, 9.17) is 9.84 Å². The molecule has 0 fully saturated rings. The zero-order chi connectivity index (χ0) is 30.8. The first-order valence-electron chi connectivity index (χ1n) is 17.6. The van der Waals surface area contributed by atoms with Gasteiger partial charge in [0.05, 0.1) is 0 Å². The normalized spacial score (nSPS) is 12.8. The Hall–Kier alpha value is -2.10. The molecular weight excluding hydrogens is 520 g/mol. The summed E-state index contributed by atoms with van der Waals surface area (Å²) in [4.78, 5) is 23.2. The van der Waals surface area contributed by atoms with Crippen LogP contribution in [-0.4, -0.2) is 23.1 Å². The van der Waals surface area contributed by atoms with Gasteiger partial charge in [0.25, 0.3) is 0 Å². The van der Waals surface area contributed by atoms with Crippen molar-refractivity contribution >= 4 is 11.9 Å². The van der Waals surface area contributed by atoms with Crippen LogP contribution in [0.15, 0.2) is 48.6 Å². The molecule has 0 radical (unpaired) electrons. The van der Waals surface area contributed by atoms with Gasteiger partial charge in [-0.2, -0.15) is 0 Å². The first-order chi connectivity index (χ1) is 20.6. The highest BCUT2D eigenvalue weighted by Gasteiger charge is 2.14. The summed E-state index contributed by atoms with van der Waals surface area (Å²) in [6, 6.07) is 0. The van der Waals surface area contributed by atoms with E-state index in [-0.39, 0.29) is 18.5 Å². The second-order valence-electron chi connectivity index (χ2n) is 11.7. The number of carboxylic acids is 1. The molecular formula is C38H66O4. The Labute approximate surface area is 260 Å². The summed E-state index contributed by atoms with van der Waals surface area (Å²) in [5, 5.41) is 8.81. The lowest BCUT2D eigenvalue weighted by Crippen LogP contribution is -2.18. The van der Waals surface area contributed by atoms with Gasteiger partial charge in [0.1, 0.15) is 6.10 Å². The number of ether oxygens (including phenoxy) is 1. The molecule has 242 valence electrons. The summed E-state index contributed by atoms with van der Waals surface area (Å²) >= 11 is 0. The highest BCUT2D eigenvalue weighted by Crippen LogP contribution is 2.17. The van der Waals surface area contributed by atoms with Crippen molar-refractivity contribution in [2.75, 3.05) is 0 Å². The van der Waals surface area contributed by atoms with Crippen molar-refractivity contribution < 1.29 is 19.4 Å². The predicted molar refractivity (Wildman–Crippen MR) is 181 cm³/mol. The van der Waals surface area contributed by atoms with Crippen LogP contribution < -0.4 is 0 Å². The van der Waals surface area contributed by atoms with Crippen LogP contribution in [0.1, 0.15) is 174 Å². The summed E-state index contributed by atoms with van der Waals surface area (Å²) in [5.41, 5.74) is 0. The molecule has 1 unspecified atom stereocenters. The molecule has 0 aromatic heterocycles. The van der Waals surface area contributed by atoms with Crippen LogP contribution >= 0.6 is 0 Å². The van der Waals surface area contributed by atoms with Gasteiger partial charge in [-0.3, -0.25) is 9.59 Å². The fraction of sp³-hybridized carbons (Fsp3) is 0.737. The number of esters is 1. The van der Waals surface area contributed by atoms with Crippen LogP contribution in [-0.2, 0) is 14.3 Å². The number of carboxylic acid groups (broad SMARTS) is 1.